The minimum absolute atomic E-state index is 0.0437. The summed E-state index contributed by atoms with van der Waals surface area (Å²) in [5, 5.41) is 8.09. The second-order valence-corrected chi connectivity index (χ2v) is 9.83. The molecule has 4 aromatic rings. The molecule has 12 heteroatoms. The first-order valence-electron chi connectivity index (χ1n) is 11.7. The van der Waals surface area contributed by atoms with E-state index in [1.54, 1.807) is 12.4 Å². The van der Waals surface area contributed by atoms with Gasteiger partial charge in [-0.25, -0.2) is 14.6 Å². The van der Waals surface area contributed by atoms with E-state index in [2.05, 4.69) is 41.3 Å². The Balaban J connectivity index is 1.32. The lowest BCUT2D eigenvalue weighted by Gasteiger charge is -2.33. The highest BCUT2D eigenvalue weighted by Gasteiger charge is 2.30. The molecule has 5 rings (SSSR count). The van der Waals surface area contributed by atoms with Gasteiger partial charge in [0.2, 0.25) is 5.91 Å². The van der Waals surface area contributed by atoms with Gasteiger partial charge in [0.1, 0.15) is 12.1 Å². The standard InChI is InChI=1S/C25H23BrF3N7O/c1-15-9-18(30-11-21(15)26)10-31-24(37)16-3-2-8-35(12-16)23-20-13-36(34-22(20)32-14-33-23)19-6-4-17(5-7-19)25(27,28)29/h4-7,9,11,13-14,16H,2-3,8,10,12H2,1H3,(H,31,37)/t16-/m0/s1. The van der Waals surface area contributed by atoms with Crippen molar-refractivity contribution in [2.24, 2.45) is 5.92 Å². The number of hydrogen-bond donors (Lipinski definition) is 1. The number of aryl methyl sites for hydroxylation is 1. The fraction of sp³-hybridized carbons (Fsp3) is 0.320. The molecule has 1 aromatic carbocycles. The smallest absolute Gasteiger partial charge is 0.355 e. The van der Waals surface area contributed by atoms with Crippen molar-refractivity contribution in [1.82, 2.24) is 30.0 Å². The number of benzene rings is 1. The SMILES string of the molecule is Cc1cc(CNC(=O)[C@H]2CCCN(c3ncnc4nn(-c5ccc(C(F)(F)F)cc5)cc34)C2)ncc1Br. The molecule has 192 valence electrons. The van der Waals surface area contributed by atoms with Crippen LogP contribution in [-0.4, -0.2) is 43.7 Å². The van der Waals surface area contributed by atoms with Crippen LogP contribution in [0.2, 0.25) is 0 Å². The van der Waals surface area contributed by atoms with Gasteiger partial charge in [0.05, 0.1) is 34.8 Å². The number of aromatic nitrogens is 5. The number of carbonyl (C=O) groups is 1. The molecule has 0 spiro atoms. The summed E-state index contributed by atoms with van der Waals surface area (Å²) in [5.74, 6) is 0.379. The lowest BCUT2D eigenvalue weighted by molar-refractivity contribution is -0.137. The van der Waals surface area contributed by atoms with Crippen LogP contribution < -0.4 is 10.2 Å². The lowest BCUT2D eigenvalue weighted by atomic mass is 9.97. The van der Waals surface area contributed by atoms with Crippen molar-refractivity contribution in [3.63, 3.8) is 0 Å². The zero-order chi connectivity index (χ0) is 26.2. The second-order valence-electron chi connectivity index (χ2n) is 8.98. The van der Waals surface area contributed by atoms with Crippen molar-refractivity contribution in [3.05, 3.63) is 70.3 Å². The van der Waals surface area contributed by atoms with E-state index in [4.69, 9.17) is 0 Å². The Morgan fingerprint density at radius 1 is 1.19 bits per heavy atom. The number of halogens is 4. The summed E-state index contributed by atoms with van der Waals surface area (Å²) in [6, 6.07) is 6.71. The number of pyridine rings is 1. The van der Waals surface area contributed by atoms with Gasteiger partial charge in [-0.1, -0.05) is 0 Å². The van der Waals surface area contributed by atoms with Crippen molar-refractivity contribution in [2.75, 3.05) is 18.0 Å². The number of nitrogens with one attached hydrogen (secondary N) is 1. The molecular formula is C25H23BrF3N7O. The number of fused-ring (bicyclic) bond motifs is 1. The van der Waals surface area contributed by atoms with Crippen LogP contribution in [0.1, 0.15) is 29.7 Å². The van der Waals surface area contributed by atoms with Crippen LogP contribution in [0, 0.1) is 12.8 Å². The first kappa shape index (κ1) is 25.1. The van der Waals surface area contributed by atoms with Gasteiger partial charge >= 0.3 is 6.18 Å². The van der Waals surface area contributed by atoms with Crippen LogP contribution in [0.5, 0.6) is 0 Å². The van der Waals surface area contributed by atoms with Crippen LogP contribution in [0.25, 0.3) is 16.7 Å². The summed E-state index contributed by atoms with van der Waals surface area (Å²) >= 11 is 3.43. The molecule has 8 nitrogen and oxygen atoms in total. The molecule has 1 atom stereocenters. The molecule has 1 fully saturated rings. The molecule has 1 aliphatic rings. The number of alkyl halides is 3. The third-order valence-electron chi connectivity index (χ3n) is 6.39. The zero-order valence-corrected chi connectivity index (χ0v) is 21.4. The zero-order valence-electron chi connectivity index (χ0n) is 19.8. The first-order chi connectivity index (χ1) is 17.7. The van der Waals surface area contributed by atoms with Gasteiger partial charge in [0, 0.05) is 30.0 Å². The summed E-state index contributed by atoms with van der Waals surface area (Å²) in [5.41, 5.74) is 2.01. The maximum absolute atomic E-state index is 12.9. The molecule has 1 aliphatic heterocycles. The van der Waals surface area contributed by atoms with Crippen LogP contribution in [0.4, 0.5) is 19.0 Å². The van der Waals surface area contributed by atoms with E-state index < -0.39 is 11.7 Å². The van der Waals surface area contributed by atoms with E-state index in [9.17, 15) is 18.0 Å². The molecule has 1 saturated heterocycles. The Morgan fingerprint density at radius 3 is 2.70 bits per heavy atom. The predicted molar refractivity (Wildman–Crippen MR) is 135 cm³/mol. The van der Waals surface area contributed by atoms with Gasteiger partial charge in [-0.05, 0) is 71.6 Å². The molecule has 0 aliphatic carbocycles. The van der Waals surface area contributed by atoms with E-state index >= 15 is 0 Å². The van der Waals surface area contributed by atoms with E-state index in [0.29, 0.717) is 35.6 Å². The fourth-order valence-electron chi connectivity index (χ4n) is 4.41. The molecular weight excluding hydrogens is 551 g/mol. The van der Waals surface area contributed by atoms with Crippen LogP contribution in [-0.2, 0) is 17.5 Å². The van der Waals surface area contributed by atoms with Crippen LogP contribution in [0.3, 0.4) is 0 Å². The Morgan fingerprint density at radius 2 is 1.97 bits per heavy atom. The molecule has 3 aromatic heterocycles. The summed E-state index contributed by atoms with van der Waals surface area (Å²) in [6.45, 7) is 3.52. The summed E-state index contributed by atoms with van der Waals surface area (Å²) in [7, 11) is 0. The van der Waals surface area contributed by atoms with Crippen molar-refractivity contribution < 1.29 is 18.0 Å². The quantitative estimate of drug-likeness (QED) is 0.368. The largest absolute Gasteiger partial charge is 0.416 e. The van der Waals surface area contributed by atoms with E-state index in [1.807, 2.05) is 17.9 Å². The van der Waals surface area contributed by atoms with Crippen molar-refractivity contribution in [2.45, 2.75) is 32.5 Å². The number of nitrogens with zero attached hydrogens (tertiary/aromatic N) is 6. The summed E-state index contributed by atoms with van der Waals surface area (Å²) in [4.78, 5) is 28.0. The van der Waals surface area contributed by atoms with Gasteiger partial charge in [0.15, 0.2) is 5.65 Å². The molecule has 37 heavy (non-hydrogen) atoms. The fourth-order valence-corrected chi connectivity index (χ4v) is 4.63. The van der Waals surface area contributed by atoms with Gasteiger partial charge in [-0.15, -0.1) is 5.10 Å². The number of amides is 1. The Kier molecular flexibility index (Phi) is 6.84. The third kappa shape index (κ3) is 5.43. The predicted octanol–water partition coefficient (Wildman–Crippen LogP) is 4.83. The van der Waals surface area contributed by atoms with E-state index in [-0.39, 0.29) is 11.8 Å². The summed E-state index contributed by atoms with van der Waals surface area (Å²) < 4.78 is 41.2. The Hall–Kier alpha value is -3.54. The molecule has 0 unspecified atom stereocenters. The highest BCUT2D eigenvalue weighted by atomic mass is 79.9. The number of hydrogen-bond acceptors (Lipinski definition) is 6. The highest BCUT2D eigenvalue weighted by Crippen LogP contribution is 2.31. The average Bonchev–Trinajstić information content (AvgIpc) is 3.33. The third-order valence-corrected chi connectivity index (χ3v) is 7.22. The molecule has 0 bridgehead atoms. The molecule has 0 radical (unpaired) electrons. The van der Waals surface area contributed by atoms with Crippen molar-refractivity contribution in [3.8, 4) is 5.69 Å². The Bertz CT molecular complexity index is 1440. The number of piperidine rings is 1. The van der Waals surface area contributed by atoms with Gasteiger partial charge in [0.25, 0.3) is 0 Å². The minimum atomic E-state index is -4.41. The molecule has 4 heterocycles. The topological polar surface area (TPSA) is 88.8 Å². The van der Waals surface area contributed by atoms with Gasteiger partial charge in [-0.2, -0.15) is 13.2 Å². The molecule has 0 saturated carbocycles. The van der Waals surface area contributed by atoms with Crippen molar-refractivity contribution in [1.29, 1.82) is 0 Å². The average molecular weight is 574 g/mol. The minimum Gasteiger partial charge on any atom is -0.355 e. The molecule has 1 amide bonds. The number of carbonyl (C=O) groups excluding carboxylic acids is 1. The normalized spacial score (nSPS) is 16.2. The maximum atomic E-state index is 12.9. The Labute approximate surface area is 219 Å². The summed E-state index contributed by atoms with van der Waals surface area (Å²) in [6.07, 6.45) is 2.01. The van der Waals surface area contributed by atoms with Gasteiger partial charge in [-0.3, -0.25) is 9.78 Å². The van der Waals surface area contributed by atoms with Crippen LogP contribution in [0.15, 0.2) is 53.5 Å². The number of rotatable bonds is 5. The van der Waals surface area contributed by atoms with Crippen LogP contribution >= 0.6 is 15.9 Å². The monoisotopic (exact) mass is 573 g/mol. The second kappa shape index (κ2) is 10.1. The first-order valence-corrected chi connectivity index (χ1v) is 12.5. The van der Waals surface area contributed by atoms with Crippen molar-refractivity contribution >= 4 is 38.7 Å². The number of anilines is 1. The molecule has 1 N–H and O–H groups in total. The van der Waals surface area contributed by atoms with E-state index in [1.165, 1.54) is 23.1 Å². The highest BCUT2D eigenvalue weighted by molar-refractivity contribution is 9.10. The van der Waals surface area contributed by atoms with Gasteiger partial charge < -0.3 is 10.2 Å². The lowest BCUT2D eigenvalue weighted by Crippen LogP contribution is -2.43. The van der Waals surface area contributed by atoms with E-state index in [0.717, 1.165) is 47.2 Å². The maximum Gasteiger partial charge on any atom is 0.416 e.